The van der Waals surface area contributed by atoms with Crippen LogP contribution in [0.1, 0.15) is 374 Å². The molecule has 428 valence electrons. The largest absolute Gasteiger partial charge is 2.00 e. The molecule has 0 heterocycles. The van der Waals surface area contributed by atoms with Crippen molar-refractivity contribution >= 4 is 61.6 Å². The molecule has 0 saturated heterocycles. The molecule has 0 amide bonds. The zero-order chi connectivity index (χ0) is 53.1. The Morgan fingerprint density at radius 3 is 0.616 bits per heavy atom. The second-order valence-electron chi connectivity index (χ2n) is 22.0. The van der Waals surface area contributed by atoms with Crippen molar-refractivity contribution in [2.75, 3.05) is 0 Å². The number of carbonyl (C=O) groups excluding carboxylic acids is 4. The molecule has 0 aromatic rings. The van der Waals surface area contributed by atoms with E-state index in [0.717, 1.165) is 141 Å². The summed E-state index contributed by atoms with van der Waals surface area (Å²) in [4.78, 5) is 45.9. The minimum atomic E-state index is -0.942. The van der Waals surface area contributed by atoms with Crippen LogP contribution >= 0.6 is 0 Å². The zero-order valence-electron chi connectivity index (χ0n) is 49.3. The molecule has 0 spiro atoms. The number of aliphatic carboxylic acids is 2. The summed E-state index contributed by atoms with van der Waals surface area (Å²) in [6, 6.07) is 0. The quantitative estimate of drug-likeness (QED) is 0.0334. The number of carboxylic acids is 2. The Morgan fingerprint density at radius 2 is 0.425 bits per heavy atom. The van der Waals surface area contributed by atoms with E-state index in [-0.39, 0.29) is 74.7 Å². The average molecular weight is 1060 g/mol. The number of hydrogen-bond donors (Lipinski definition) is 0. The van der Waals surface area contributed by atoms with Gasteiger partial charge in [-0.15, -0.1) is 0 Å². The summed E-state index contributed by atoms with van der Waals surface area (Å²) < 4.78 is 11.9. The first kappa shape index (κ1) is 76.4. The molecule has 0 fully saturated rings. The van der Waals surface area contributed by atoms with Crippen molar-refractivity contribution in [2.45, 2.75) is 387 Å². The summed E-state index contributed by atoms with van der Waals surface area (Å²) in [5, 5.41) is 21.0. The Bertz CT molecular complexity index is 1050. The van der Waals surface area contributed by atoms with Crippen LogP contribution in [-0.2, 0) is 28.7 Å². The van der Waals surface area contributed by atoms with Gasteiger partial charge in [-0.2, -0.15) is 0 Å². The molecule has 2 unspecified atom stereocenters. The molecule has 73 heavy (non-hydrogen) atoms. The number of carboxylic acid groups (broad SMARTS) is 2. The molecule has 0 aromatic carbocycles. The summed E-state index contributed by atoms with van der Waals surface area (Å²) in [6.07, 6.45) is 61.5. The van der Waals surface area contributed by atoms with Crippen LogP contribution in [0.25, 0.3) is 0 Å². The molecule has 0 N–H and O–H groups in total. The SMILES string of the molecule is CCCCCCCCCCCCCC(=O)OC(CCCCCCCC)CCCCCCCCC(=O)[O-].CCCCCCCCCCCCCC(=O)OC(CCCCCCCC)CCCCCCCCC(=O)[O-].[Ca+2]. The minimum Gasteiger partial charge on any atom is -0.550 e. The molecule has 0 bridgehead atoms. The van der Waals surface area contributed by atoms with E-state index in [1.807, 2.05) is 0 Å². The van der Waals surface area contributed by atoms with Gasteiger partial charge >= 0.3 is 49.7 Å². The van der Waals surface area contributed by atoms with Crippen molar-refractivity contribution in [1.29, 1.82) is 0 Å². The Balaban J connectivity index is -0.00000132. The molecule has 0 radical (unpaired) electrons. The van der Waals surface area contributed by atoms with Gasteiger partial charge in [-0.05, 0) is 89.9 Å². The van der Waals surface area contributed by atoms with Crippen molar-refractivity contribution in [1.82, 2.24) is 0 Å². The van der Waals surface area contributed by atoms with E-state index in [1.54, 1.807) is 0 Å². The summed E-state index contributed by atoms with van der Waals surface area (Å²) in [7, 11) is 0. The maximum Gasteiger partial charge on any atom is 2.00 e. The van der Waals surface area contributed by atoms with E-state index < -0.39 is 11.9 Å². The summed E-state index contributed by atoms with van der Waals surface area (Å²) in [6.45, 7) is 9.02. The maximum atomic E-state index is 12.5. The molecule has 0 aromatic heterocycles. The first-order chi connectivity index (χ1) is 35.2. The number of rotatable bonds is 58. The Hall–Kier alpha value is -0.860. The van der Waals surface area contributed by atoms with Gasteiger partial charge in [-0.25, -0.2) is 0 Å². The summed E-state index contributed by atoms with van der Waals surface area (Å²) in [5.41, 5.74) is 0. The van der Waals surface area contributed by atoms with Crippen molar-refractivity contribution < 1.29 is 38.9 Å². The van der Waals surface area contributed by atoms with E-state index in [0.29, 0.717) is 12.8 Å². The molecule has 8 nitrogen and oxygen atoms in total. The van der Waals surface area contributed by atoms with Crippen molar-refractivity contribution in [3.8, 4) is 0 Å². The second-order valence-corrected chi connectivity index (χ2v) is 22.0. The van der Waals surface area contributed by atoms with Crippen molar-refractivity contribution in [3.05, 3.63) is 0 Å². The van der Waals surface area contributed by atoms with Gasteiger partial charge in [0.05, 0.1) is 0 Å². The van der Waals surface area contributed by atoms with Crippen LogP contribution in [0.4, 0.5) is 0 Å². The molecule has 0 aliphatic heterocycles. The van der Waals surface area contributed by atoms with Gasteiger partial charge in [0.2, 0.25) is 0 Å². The molecule has 0 saturated carbocycles. The normalized spacial score (nSPS) is 11.9. The van der Waals surface area contributed by atoms with Gasteiger partial charge in [0.15, 0.2) is 0 Å². The smallest absolute Gasteiger partial charge is 0.550 e. The van der Waals surface area contributed by atoms with Crippen LogP contribution in [-0.4, -0.2) is 73.8 Å². The predicted octanol–water partition coefficient (Wildman–Crippen LogP) is 18.1. The van der Waals surface area contributed by atoms with Gasteiger partial charge in [-0.3, -0.25) is 9.59 Å². The third-order valence-corrected chi connectivity index (χ3v) is 14.6. The van der Waals surface area contributed by atoms with E-state index in [2.05, 4.69) is 27.7 Å². The van der Waals surface area contributed by atoms with E-state index in [9.17, 15) is 29.4 Å². The van der Waals surface area contributed by atoms with E-state index in [4.69, 9.17) is 9.47 Å². The fourth-order valence-electron chi connectivity index (χ4n) is 9.88. The fourth-order valence-corrected chi connectivity index (χ4v) is 9.88. The van der Waals surface area contributed by atoms with Gasteiger partial charge in [0.25, 0.3) is 0 Å². The average Bonchev–Trinajstić information content (AvgIpc) is 3.35. The molecule has 0 aliphatic rings. The summed E-state index contributed by atoms with van der Waals surface area (Å²) >= 11 is 0. The monoisotopic (exact) mass is 1060 g/mol. The van der Waals surface area contributed by atoms with Gasteiger partial charge < -0.3 is 29.3 Å². The zero-order valence-corrected chi connectivity index (χ0v) is 51.5. The number of unbranched alkanes of at least 4 members (excludes halogenated alkanes) is 40. The molecule has 0 aliphatic carbocycles. The Kier molecular flexibility index (Phi) is 68.4. The van der Waals surface area contributed by atoms with Crippen LogP contribution < -0.4 is 10.2 Å². The van der Waals surface area contributed by atoms with Gasteiger partial charge in [-0.1, -0.05) is 272 Å². The standard InChI is InChI=1S/2C32H62O4.Ca/c2*1-3-5-7-9-11-12-13-14-15-21-25-29-32(35)36-30(26-22-18-10-8-6-4-2)27-23-19-16-17-20-24-28-31(33)34;/h2*30H,3-29H2,1-2H3,(H,33,34);/q;;+2/p-2. The molecule has 2 atom stereocenters. The number of ether oxygens (including phenoxy) is 2. The second kappa shape index (κ2) is 65.4. The number of carbonyl (C=O) groups is 4. The third kappa shape index (κ3) is 67.2. The van der Waals surface area contributed by atoms with E-state index in [1.165, 1.54) is 180 Å². The Morgan fingerprint density at radius 1 is 0.260 bits per heavy atom. The minimum absolute atomic E-state index is 0. The maximum absolute atomic E-state index is 12.5. The van der Waals surface area contributed by atoms with Crippen LogP contribution in [0, 0.1) is 0 Å². The van der Waals surface area contributed by atoms with Crippen LogP contribution in [0.3, 0.4) is 0 Å². The third-order valence-electron chi connectivity index (χ3n) is 14.6. The summed E-state index contributed by atoms with van der Waals surface area (Å²) in [5.74, 6) is -1.88. The number of esters is 2. The van der Waals surface area contributed by atoms with Gasteiger partial charge in [0.1, 0.15) is 12.2 Å². The predicted molar refractivity (Wildman–Crippen MR) is 308 cm³/mol. The van der Waals surface area contributed by atoms with Crippen LogP contribution in [0.2, 0.25) is 0 Å². The van der Waals surface area contributed by atoms with Crippen LogP contribution in [0.15, 0.2) is 0 Å². The topological polar surface area (TPSA) is 133 Å². The van der Waals surface area contributed by atoms with Crippen molar-refractivity contribution in [3.63, 3.8) is 0 Å². The Labute approximate surface area is 483 Å². The molecule has 0 rings (SSSR count). The fraction of sp³-hybridized carbons (Fsp3) is 0.938. The van der Waals surface area contributed by atoms with E-state index >= 15 is 0 Å². The molecular weight excluding hydrogens is 937 g/mol. The van der Waals surface area contributed by atoms with Crippen molar-refractivity contribution in [2.24, 2.45) is 0 Å². The number of hydrogen-bond acceptors (Lipinski definition) is 8. The van der Waals surface area contributed by atoms with Gasteiger partial charge in [0, 0.05) is 24.8 Å². The molecular formula is C64H122CaO8. The van der Waals surface area contributed by atoms with Crippen LogP contribution in [0.5, 0.6) is 0 Å². The first-order valence-electron chi connectivity index (χ1n) is 32.0. The first-order valence-corrected chi connectivity index (χ1v) is 32.0. The molecule has 9 heteroatoms.